The van der Waals surface area contributed by atoms with E-state index in [4.69, 9.17) is 24.6 Å². The number of hydrogen-bond acceptors (Lipinski definition) is 21. The Morgan fingerprint density at radius 1 is 0.967 bits per heavy atom. The molecule has 2 aromatic heterocycles. The number of aromatic nitrogens is 4. The van der Waals surface area contributed by atoms with Crippen molar-refractivity contribution in [1.29, 1.82) is 0 Å². The van der Waals surface area contributed by atoms with Crippen LogP contribution in [0.4, 0.5) is 5.82 Å². The lowest BCUT2D eigenvalue weighted by Gasteiger charge is -2.30. The molecule has 27 nitrogen and oxygen atoms in total. The van der Waals surface area contributed by atoms with E-state index < -0.39 is 103 Å². The molecule has 1 fully saturated rings. The van der Waals surface area contributed by atoms with Crippen LogP contribution in [-0.2, 0) is 60.3 Å². The summed E-state index contributed by atoms with van der Waals surface area (Å²) in [6.07, 6.45) is -6.38. The highest BCUT2D eigenvalue weighted by Crippen LogP contribution is 2.61. The number of rotatable bonds is 26. The first kappa shape index (κ1) is 51.2. The van der Waals surface area contributed by atoms with Crippen LogP contribution in [-0.4, -0.2) is 146 Å². The minimum Gasteiger partial charge on any atom is -0.388 e. The molecule has 1 aliphatic rings. The average molecular weight is 938 g/mol. The number of nitrogen functional groups attached to an aromatic ring is 1. The minimum atomic E-state index is -5.60. The number of unbranched alkanes of at least 4 members (excludes halogenated alkanes) is 1. The van der Waals surface area contributed by atoms with Gasteiger partial charge in [-0.2, -0.15) is 4.31 Å². The monoisotopic (exact) mass is 937 g/mol. The summed E-state index contributed by atoms with van der Waals surface area (Å²) in [4.78, 5) is 110. The molecule has 0 radical (unpaired) electrons. The first-order valence-corrected chi connectivity index (χ1v) is 23.1. The number of anilines is 1. The van der Waals surface area contributed by atoms with Crippen molar-refractivity contribution in [2.45, 2.75) is 76.6 Å². The molecule has 338 valence electrons. The van der Waals surface area contributed by atoms with Crippen molar-refractivity contribution in [1.82, 2.24) is 30.2 Å². The number of nitrogens with zero attached hydrogens (tertiary/aromatic N) is 4. The fourth-order valence-electron chi connectivity index (χ4n) is 5.15. The van der Waals surface area contributed by atoms with Crippen molar-refractivity contribution in [2.75, 3.05) is 44.4 Å². The van der Waals surface area contributed by atoms with Gasteiger partial charge in [0.05, 0.1) is 19.5 Å². The number of hydrogen-bond donors (Lipinski definition) is 10. The zero-order valence-electron chi connectivity index (χ0n) is 31.9. The van der Waals surface area contributed by atoms with Gasteiger partial charge >= 0.3 is 23.5 Å². The Labute approximate surface area is 344 Å². The molecule has 0 aliphatic carbocycles. The maximum atomic E-state index is 12.7. The lowest BCUT2D eigenvalue weighted by atomic mass is 9.87. The number of carbonyl (C=O) groups excluding carboxylic acids is 5. The molecule has 3 heterocycles. The predicted octanol–water partition coefficient (Wildman–Crippen LogP) is -1.64. The molecule has 0 spiro atoms. The Bertz CT molecular complexity index is 2000. The zero-order valence-corrected chi connectivity index (χ0v) is 35.4. The summed E-state index contributed by atoms with van der Waals surface area (Å²) < 4.78 is 62.1. The molecule has 60 heavy (non-hydrogen) atoms. The molecule has 2 unspecified atom stereocenters. The number of Topliss-reactive ketones (excluding diaryl/α,β-unsaturated/α-hetero) is 2. The number of nitrogens with one attached hydrogen (secondary N) is 2. The van der Waals surface area contributed by atoms with Crippen LogP contribution in [0.2, 0.25) is 0 Å². The number of aliphatic hydroxyl groups excluding tert-OH is 3. The molecule has 0 bridgehead atoms. The molecule has 7 atom stereocenters. The molecule has 11 N–H and O–H groups in total. The fourth-order valence-corrected chi connectivity index (χ4v) is 8.70. The number of imidazole rings is 1. The number of aliphatic hydroxyl groups is 3. The third-order valence-corrected chi connectivity index (χ3v) is 12.3. The van der Waals surface area contributed by atoms with E-state index in [0.29, 0.717) is 12.8 Å². The van der Waals surface area contributed by atoms with Crippen molar-refractivity contribution in [3.63, 3.8) is 0 Å². The third kappa shape index (κ3) is 16.0. The molecule has 2 amide bonds. The van der Waals surface area contributed by atoms with Gasteiger partial charge < -0.3 is 56.0 Å². The van der Waals surface area contributed by atoms with E-state index in [2.05, 4.69) is 34.4 Å². The van der Waals surface area contributed by atoms with Gasteiger partial charge in [0.1, 0.15) is 42.9 Å². The lowest BCUT2D eigenvalue weighted by Crippen LogP contribution is -2.46. The molecule has 1 saturated heterocycles. The topological polar surface area (TPSA) is 418 Å². The molecule has 1 aliphatic heterocycles. The molecular weight excluding hydrogens is 891 g/mol. The van der Waals surface area contributed by atoms with Crippen LogP contribution in [0, 0.1) is 5.41 Å². The van der Waals surface area contributed by atoms with Crippen molar-refractivity contribution < 1.29 is 95.2 Å². The molecule has 0 saturated carbocycles. The number of phosphoric ester groups is 3. The number of phosphoric acid groups is 3. The van der Waals surface area contributed by atoms with E-state index in [-0.39, 0.29) is 60.2 Å². The number of thioether (sulfide) groups is 1. The maximum absolute atomic E-state index is 12.7. The SMILES string of the molecule is CC(C)(COP(=O)(O)OP(=O)(O)OC[C@H]1O[C@@H](n2cnc3c(N)ncnc32)[C@H](O)[C@@H]1OP(=O)(O)O)[C@@H](O)C(=O)NCCC(=O)NCCSC(=O)CCCCC(=O)C(=O)CO. The highest BCUT2D eigenvalue weighted by Gasteiger charge is 2.50. The third-order valence-electron chi connectivity index (χ3n) is 8.25. The van der Waals surface area contributed by atoms with Gasteiger partial charge in [0, 0.05) is 43.5 Å². The van der Waals surface area contributed by atoms with Gasteiger partial charge in [0.2, 0.25) is 23.4 Å². The molecular formula is C29H46N7O20P3S. The van der Waals surface area contributed by atoms with Crippen LogP contribution in [0.3, 0.4) is 0 Å². The first-order valence-electron chi connectivity index (χ1n) is 17.6. The molecule has 31 heteroatoms. The summed E-state index contributed by atoms with van der Waals surface area (Å²) in [6.45, 7) is -0.632. The van der Waals surface area contributed by atoms with E-state index in [1.807, 2.05) is 0 Å². The van der Waals surface area contributed by atoms with Gasteiger partial charge in [-0.15, -0.1) is 0 Å². The standard InChI is InChI=1S/C29H46N7O20P3S/c1-29(2,24(43)27(44)32-8-7-19(40)31-9-10-60-20(41)6-4-3-5-16(38)17(39)11-37)13-53-59(50,51)56-58(48,49)52-12-18-23(55-57(45,46)47)22(42)28(54-18)36-15-35-21-25(30)33-14-34-26(21)36/h14-15,18,22-24,28,37,42-43H,3-13H2,1-2H3,(H,31,40)(H,32,44)(H,48,49)(H,50,51)(H2,30,33,34)(H2,45,46,47)/t18-,22-,23-,24+,28-/m1/s1. The largest absolute Gasteiger partial charge is 0.481 e. The Hall–Kier alpha value is -3.14. The summed E-state index contributed by atoms with van der Waals surface area (Å²) in [7, 11) is -16.5. The second kappa shape index (κ2) is 22.3. The number of ether oxygens (including phenoxy) is 1. The second-order valence-electron chi connectivity index (χ2n) is 13.5. The number of amides is 2. The molecule has 0 aromatic carbocycles. The van der Waals surface area contributed by atoms with Gasteiger partial charge in [0.15, 0.2) is 22.8 Å². The summed E-state index contributed by atoms with van der Waals surface area (Å²) >= 11 is 0.948. The van der Waals surface area contributed by atoms with Gasteiger partial charge in [-0.1, -0.05) is 25.6 Å². The van der Waals surface area contributed by atoms with E-state index in [0.717, 1.165) is 29.0 Å². The quantitative estimate of drug-likeness (QED) is 0.0287. The predicted molar refractivity (Wildman–Crippen MR) is 203 cm³/mol. The Kier molecular flexibility index (Phi) is 19.0. The van der Waals surface area contributed by atoms with Crippen molar-refractivity contribution in [3.05, 3.63) is 12.7 Å². The smallest absolute Gasteiger partial charge is 0.388 e. The highest BCUT2D eigenvalue weighted by molar-refractivity contribution is 8.13. The fraction of sp³-hybridized carbons (Fsp3) is 0.655. The number of carbonyl (C=O) groups is 5. The normalized spacial score (nSPS) is 20.9. The Balaban J connectivity index is 1.42. The summed E-state index contributed by atoms with van der Waals surface area (Å²) in [5, 5.41) is 34.7. The van der Waals surface area contributed by atoms with Crippen LogP contribution >= 0.6 is 35.2 Å². The van der Waals surface area contributed by atoms with Gasteiger partial charge in [-0.3, -0.25) is 42.1 Å². The number of nitrogens with two attached hydrogens (primary N) is 1. The molecule has 2 aromatic rings. The average Bonchev–Trinajstić information content (AvgIpc) is 3.72. The van der Waals surface area contributed by atoms with Crippen LogP contribution in [0.25, 0.3) is 11.2 Å². The highest BCUT2D eigenvalue weighted by atomic mass is 32.2. The number of fused-ring (bicyclic) bond motifs is 1. The number of ketones is 2. The van der Waals surface area contributed by atoms with E-state index in [9.17, 15) is 67.5 Å². The summed E-state index contributed by atoms with van der Waals surface area (Å²) in [6, 6.07) is 0. The van der Waals surface area contributed by atoms with Crippen molar-refractivity contribution in [2.24, 2.45) is 5.41 Å². The Morgan fingerprint density at radius 3 is 2.30 bits per heavy atom. The Morgan fingerprint density at radius 2 is 1.63 bits per heavy atom. The minimum absolute atomic E-state index is 0.0169. The van der Waals surface area contributed by atoms with Gasteiger partial charge in [-0.25, -0.2) is 28.6 Å². The summed E-state index contributed by atoms with van der Waals surface area (Å²) in [5.74, 6) is -2.94. The molecule has 3 rings (SSSR count). The lowest BCUT2D eigenvalue weighted by molar-refractivity contribution is -0.138. The van der Waals surface area contributed by atoms with E-state index in [1.54, 1.807) is 0 Å². The zero-order chi connectivity index (χ0) is 45.1. The second-order valence-corrected chi connectivity index (χ2v) is 18.9. The van der Waals surface area contributed by atoms with Gasteiger partial charge in [-0.05, 0) is 12.8 Å². The van der Waals surface area contributed by atoms with Gasteiger partial charge in [0.25, 0.3) is 0 Å². The van der Waals surface area contributed by atoms with E-state index in [1.165, 1.54) is 13.8 Å². The van der Waals surface area contributed by atoms with Crippen LogP contribution in [0.5, 0.6) is 0 Å². The van der Waals surface area contributed by atoms with Crippen LogP contribution < -0.4 is 16.4 Å². The van der Waals surface area contributed by atoms with Crippen molar-refractivity contribution >= 4 is 80.7 Å². The maximum Gasteiger partial charge on any atom is 0.481 e. The van der Waals surface area contributed by atoms with Crippen LogP contribution in [0.15, 0.2) is 12.7 Å². The van der Waals surface area contributed by atoms with E-state index >= 15 is 0 Å². The van der Waals surface area contributed by atoms with Crippen molar-refractivity contribution in [3.8, 4) is 0 Å². The first-order chi connectivity index (χ1) is 27.9. The summed E-state index contributed by atoms with van der Waals surface area (Å²) in [5.41, 5.74) is 4.19. The van der Waals surface area contributed by atoms with Crippen LogP contribution in [0.1, 0.15) is 52.2 Å².